The summed E-state index contributed by atoms with van der Waals surface area (Å²) in [5.74, 6) is 0. The summed E-state index contributed by atoms with van der Waals surface area (Å²) in [4.78, 5) is 10.2. The summed E-state index contributed by atoms with van der Waals surface area (Å²) in [5, 5.41) is 1.18. The quantitative estimate of drug-likeness (QED) is 0.597. The standard InChI is InChI=1S/C15H10N2O/c1-2-6-13-11(5-1)12-8-9-17-14(15(12)16-13)7-3-4-10-18-17/h1-10H. The molecule has 0 amide bonds. The van der Waals surface area contributed by atoms with Crippen LogP contribution in [0.15, 0.2) is 54.9 Å². The molecule has 0 saturated carbocycles. The molecule has 1 aromatic carbocycles. The molecule has 3 nitrogen and oxygen atoms in total. The van der Waals surface area contributed by atoms with E-state index in [0.717, 1.165) is 22.5 Å². The normalized spacial score (nSPS) is 13.6. The number of para-hydroxylation sites is 1. The molecule has 0 unspecified atom stereocenters. The molecule has 0 aromatic heterocycles. The number of rotatable bonds is 0. The molecule has 0 atom stereocenters. The van der Waals surface area contributed by atoms with Crippen molar-refractivity contribution in [2.75, 3.05) is 0 Å². The fourth-order valence-corrected chi connectivity index (χ4v) is 2.34. The lowest BCUT2D eigenvalue weighted by atomic mass is 10.1. The number of nitrogens with zero attached hydrogens (tertiary/aromatic N) is 2. The third-order valence-electron chi connectivity index (χ3n) is 3.16. The molecule has 1 aromatic rings. The van der Waals surface area contributed by atoms with E-state index < -0.39 is 0 Å². The van der Waals surface area contributed by atoms with Crippen LogP contribution in [0.3, 0.4) is 0 Å². The van der Waals surface area contributed by atoms with Crippen LogP contribution < -0.4 is 4.84 Å². The van der Waals surface area contributed by atoms with Crippen molar-refractivity contribution in [1.82, 2.24) is 9.71 Å². The monoisotopic (exact) mass is 234 g/mol. The summed E-state index contributed by atoms with van der Waals surface area (Å²) in [7, 11) is 0. The van der Waals surface area contributed by atoms with Crippen molar-refractivity contribution in [3.8, 4) is 11.3 Å². The van der Waals surface area contributed by atoms with Crippen molar-refractivity contribution in [2.45, 2.75) is 0 Å². The third kappa shape index (κ3) is 1.21. The Morgan fingerprint density at radius 2 is 2.00 bits per heavy atom. The molecule has 0 radical (unpaired) electrons. The van der Waals surface area contributed by atoms with Crippen molar-refractivity contribution in [3.05, 3.63) is 60.6 Å². The van der Waals surface area contributed by atoms with Crippen LogP contribution in [0.1, 0.15) is 5.69 Å². The van der Waals surface area contributed by atoms with Crippen molar-refractivity contribution in [3.63, 3.8) is 0 Å². The minimum absolute atomic E-state index is 0.966. The molecule has 0 bridgehead atoms. The number of hydrogen-bond donors (Lipinski definition) is 0. The highest BCUT2D eigenvalue weighted by Gasteiger charge is 2.17. The first-order valence-electron chi connectivity index (χ1n) is 5.84. The van der Waals surface area contributed by atoms with E-state index in [9.17, 15) is 0 Å². The Hall–Kier alpha value is -2.55. The van der Waals surface area contributed by atoms with Crippen LogP contribution >= 0.6 is 0 Å². The maximum absolute atomic E-state index is 5.49. The first-order valence-corrected chi connectivity index (χ1v) is 5.84. The van der Waals surface area contributed by atoms with E-state index in [-0.39, 0.29) is 0 Å². The highest BCUT2D eigenvalue weighted by atomic mass is 16.6. The third-order valence-corrected chi connectivity index (χ3v) is 3.16. The molecule has 86 valence electrons. The average molecular weight is 234 g/mol. The predicted octanol–water partition coefficient (Wildman–Crippen LogP) is 3.11. The second-order valence-electron chi connectivity index (χ2n) is 4.21. The molecule has 18 heavy (non-hydrogen) atoms. The predicted molar refractivity (Wildman–Crippen MR) is 71.1 cm³/mol. The maximum atomic E-state index is 5.49. The Balaban J connectivity index is 2.12. The Kier molecular flexibility index (Phi) is 1.83. The van der Waals surface area contributed by atoms with E-state index >= 15 is 0 Å². The fourth-order valence-electron chi connectivity index (χ4n) is 2.34. The highest BCUT2D eigenvalue weighted by molar-refractivity contribution is 5.99. The van der Waals surface area contributed by atoms with E-state index in [0.29, 0.717) is 0 Å². The number of allylic oxidation sites excluding steroid dienone is 2. The number of pyridine rings is 1. The van der Waals surface area contributed by atoms with Gasteiger partial charge in [-0.3, -0.25) is 0 Å². The SMILES string of the molecule is C1=COn2ccc3c4ccccc4nc-3c2C=C1. The van der Waals surface area contributed by atoms with Crippen molar-refractivity contribution >= 4 is 17.0 Å². The van der Waals surface area contributed by atoms with Crippen molar-refractivity contribution < 1.29 is 4.84 Å². The van der Waals surface area contributed by atoms with Gasteiger partial charge in [-0.05, 0) is 24.3 Å². The van der Waals surface area contributed by atoms with Crippen LogP contribution in [0.2, 0.25) is 0 Å². The van der Waals surface area contributed by atoms with Crippen LogP contribution in [0, 0.1) is 0 Å². The van der Waals surface area contributed by atoms with Crippen LogP contribution in [0.25, 0.3) is 28.2 Å². The second kappa shape index (κ2) is 3.47. The second-order valence-corrected chi connectivity index (χ2v) is 4.21. The van der Waals surface area contributed by atoms with Crippen molar-refractivity contribution in [1.29, 1.82) is 0 Å². The van der Waals surface area contributed by atoms with Gasteiger partial charge in [0.2, 0.25) is 0 Å². The van der Waals surface area contributed by atoms with Gasteiger partial charge in [0.15, 0.2) is 0 Å². The Labute approximate surface area is 104 Å². The molecule has 0 fully saturated rings. The lowest BCUT2D eigenvalue weighted by molar-refractivity contribution is 0.210. The zero-order chi connectivity index (χ0) is 11.9. The molecule has 0 saturated heterocycles. The number of benzene rings is 1. The summed E-state index contributed by atoms with van der Waals surface area (Å²) in [5.41, 5.74) is 4.12. The van der Waals surface area contributed by atoms with Gasteiger partial charge in [0.1, 0.15) is 12.0 Å². The van der Waals surface area contributed by atoms with Gasteiger partial charge in [-0.15, -0.1) is 0 Å². The zero-order valence-corrected chi connectivity index (χ0v) is 9.58. The van der Waals surface area contributed by atoms with E-state index in [4.69, 9.17) is 9.82 Å². The fraction of sp³-hybridized carbons (Fsp3) is 0. The van der Waals surface area contributed by atoms with E-state index in [2.05, 4.69) is 6.07 Å². The summed E-state index contributed by atoms with van der Waals surface area (Å²) in [6.45, 7) is 0. The first kappa shape index (κ1) is 9.48. The minimum Gasteiger partial charge on any atom is -0.383 e. The highest BCUT2D eigenvalue weighted by Crippen LogP contribution is 2.33. The molecule has 3 heteroatoms. The molecular formula is C15H10N2O. The van der Waals surface area contributed by atoms with Crippen molar-refractivity contribution in [2.24, 2.45) is 0 Å². The molecule has 0 aliphatic carbocycles. The summed E-state index contributed by atoms with van der Waals surface area (Å²) < 4.78 is 1.73. The summed E-state index contributed by atoms with van der Waals surface area (Å²) >= 11 is 0. The van der Waals surface area contributed by atoms with E-state index in [1.54, 1.807) is 11.0 Å². The van der Waals surface area contributed by atoms with Gasteiger partial charge in [0.25, 0.3) is 0 Å². The van der Waals surface area contributed by atoms with Crippen LogP contribution in [0.4, 0.5) is 0 Å². The zero-order valence-electron chi connectivity index (χ0n) is 9.58. The Morgan fingerprint density at radius 1 is 1.06 bits per heavy atom. The van der Waals surface area contributed by atoms with Gasteiger partial charge >= 0.3 is 0 Å². The minimum atomic E-state index is 0.966. The van der Waals surface area contributed by atoms with Crippen LogP contribution in [-0.2, 0) is 0 Å². The van der Waals surface area contributed by atoms with Crippen LogP contribution in [-0.4, -0.2) is 9.71 Å². The number of aromatic nitrogens is 2. The smallest absolute Gasteiger partial charge is 0.119 e. The maximum Gasteiger partial charge on any atom is 0.119 e. The molecule has 3 aliphatic heterocycles. The molecule has 0 spiro atoms. The largest absolute Gasteiger partial charge is 0.383 e. The Morgan fingerprint density at radius 3 is 3.00 bits per heavy atom. The lowest BCUT2D eigenvalue weighted by Gasteiger charge is -2.11. The summed E-state index contributed by atoms with van der Waals surface area (Å²) in [6.07, 6.45) is 9.41. The average Bonchev–Trinajstić information content (AvgIpc) is 2.62. The Bertz CT molecular complexity index is 767. The van der Waals surface area contributed by atoms with Gasteiger partial charge < -0.3 is 4.84 Å². The summed E-state index contributed by atoms with van der Waals surface area (Å²) in [6, 6.07) is 10.2. The van der Waals surface area contributed by atoms with Gasteiger partial charge in [-0.25, -0.2) is 4.98 Å². The van der Waals surface area contributed by atoms with Crippen LogP contribution in [0.5, 0.6) is 0 Å². The first-order chi connectivity index (χ1) is 8.93. The van der Waals surface area contributed by atoms with Gasteiger partial charge in [-0.1, -0.05) is 24.3 Å². The molecule has 4 rings (SSSR count). The van der Waals surface area contributed by atoms with Gasteiger partial charge in [0.05, 0.1) is 11.2 Å². The van der Waals surface area contributed by atoms with Gasteiger partial charge in [-0.2, -0.15) is 4.73 Å². The number of fused-ring (bicyclic) bond motifs is 5. The van der Waals surface area contributed by atoms with Gasteiger partial charge in [0, 0.05) is 17.1 Å². The molecular weight excluding hydrogens is 224 g/mol. The number of hydrogen-bond acceptors (Lipinski definition) is 2. The molecule has 3 heterocycles. The molecule has 3 aliphatic rings. The molecule has 0 N–H and O–H groups in total. The lowest BCUT2D eigenvalue weighted by Crippen LogP contribution is -2.09. The topological polar surface area (TPSA) is 27.1 Å². The van der Waals surface area contributed by atoms with E-state index in [1.807, 2.05) is 48.7 Å². The van der Waals surface area contributed by atoms with E-state index in [1.165, 1.54) is 5.39 Å².